The van der Waals surface area contributed by atoms with Gasteiger partial charge in [-0.1, -0.05) is 6.07 Å². The Morgan fingerprint density at radius 1 is 1.00 bits per heavy atom. The number of nitriles is 1. The number of rotatable bonds is 5. The van der Waals surface area contributed by atoms with Gasteiger partial charge in [-0.2, -0.15) is 18.4 Å². The lowest BCUT2D eigenvalue weighted by Gasteiger charge is -2.31. The van der Waals surface area contributed by atoms with E-state index in [0.717, 1.165) is 70.4 Å². The average molecular weight is 396 g/mol. The second-order valence-corrected chi connectivity index (χ2v) is 8.37. The fourth-order valence-electron chi connectivity index (χ4n) is 4.81. The molecule has 2 saturated carbocycles. The zero-order chi connectivity index (χ0) is 20.1. The highest BCUT2D eigenvalue weighted by Gasteiger charge is 2.36. The highest BCUT2D eigenvalue weighted by atomic mass is 19.4. The van der Waals surface area contributed by atoms with Gasteiger partial charge < -0.3 is 5.32 Å². The number of nitrogens with one attached hydrogen (secondary N) is 1. The normalized spacial score (nSPS) is 28.7. The van der Waals surface area contributed by atoms with Crippen LogP contribution < -0.4 is 5.32 Å². The van der Waals surface area contributed by atoms with Crippen LogP contribution in [0.15, 0.2) is 18.2 Å². The third-order valence-electron chi connectivity index (χ3n) is 6.50. The predicted molar refractivity (Wildman–Crippen MR) is 100 cm³/mol. The fraction of sp³-hybridized carbons (Fsp3) is 0.682. The van der Waals surface area contributed by atoms with Crippen LogP contribution in [0.4, 0.5) is 17.6 Å². The van der Waals surface area contributed by atoms with E-state index >= 15 is 0 Å². The van der Waals surface area contributed by atoms with Gasteiger partial charge in [-0.05, 0) is 93.9 Å². The molecule has 0 saturated heterocycles. The smallest absolute Gasteiger partial charge is 0.314 e. The van der Waals surface area contributed by atoms with Gasteiger partial charge in [0.1, 0.15) is 5.82 Å². The SMILES string of the molecule is N#CC1CCC(NCCC2CCC(c3ccc(F)cc3C(F)(F)F)CC2)CC1. The minimum absolute atomic E-state index is 0.136. The number of alkyl halides is 3. The molecular weight excluding hydrogens is 368 g/mol. The van der Waals surface area contributed by atoms with E-state index in [1.165, 1.54) is 6.07 Å². The summed E-state index contributed by atoms with van der Waals surface area (Å²) in [7, 11) is 0. The first-order valence-corrected chi connectivity index (χ1v) is 10.4. The topological polar surface area (TPSA) is 35.8 Å². The molecule has 1 aromatic carbocycles. The minimum atomic E-state index is -4.51. The van der Waals surface area contributed by atoms with Gasteiger partial charge in [0.2, 0.25) is 0 Å². The lowest BCUT2D eigenvalue weighted by atomic mass is 9.76. The molecule has 2 aliphatic rings. The molecule has 1 aromatic rings. The van der Waals surface area contributed by atoms with Crippen molar-refractivity contribution in [2.75, 3.05) is 6.54 Å². The first kappa shape index (κ1) is 21.1. The van der Waals surface area contributed by atoms with Crippen molar-refractivity contribution >= 4 is 0 Å². The van der Waals surface area contributed by atoms with Crippen molar-refractivity contribution in [1.82, 2.24) is 5.32 Å². The second kappa shape index (κ2) is 9.26. The van der Waals surface area contributed by atoms with E-state index in [2.05, 4.69) is 11.4 Å². The first-order valence-electron chi connectivity index (χ1n) is 10.4. The van der Waals surface area contributed by atoms with Crippen molar-refractivity contribution in [3.05, 3.63) is 35.1 Å². The van der Waals surface area contributed by atoms with E-state index in [9.17, 15) is 17.6 Å². The molecule has 0 radical (unpaired) electrons. The maximum Gasteiger partial charge on any atom is 0.416 e. The molecule has 0 amide bonds. The van der Waals surface area contributed by atoms with Gasteiger partial charge in [-0.25, -0.2) is 4.39 Å². The molecule has 2 aliphatic carbocycles. The van der Waals surface area contributed by atoms with Crippen LogP contribution in [0, 0.1) is 29.0 Å². The molecule has 0 aliphatic heterocycles. The summed E-state index contributed by atoms with van der Waals surface area (Å²) in [5.74, 6) is -0.224. The molecule has 28 heavy (non-hydrogen) atoms. The van der Waals surface area contributed by atoms with Gasteiger partial charge >= 0.3 is 6.18 Å². The van der Waals surface area contributed by atoms with E-state index < -0.39 is 17.6 Å². The third kappa shape index (κ3) is 5.47. The Bertz CT molecular complexity index is 679. The summed E-state index contributed by atoms with van der Waals surface area (Å²) in [6.45, 7) is 0.932. The lowest BCUT2D eigenvalue weighted by Crippen LogP contribution is -2.34. The van der Waals surface area contributed by atoms with E-state index in [-0.39, 0.29) is 17.4 Å². The summed E-state index contributed by atoms with van der Waals surface area (Å²) in [5.41, 5.74) is -0.565. The summed E-state index contributed by atoms with van der Waals surface area (Å²) in [6.07, 6.45) is 3.87. The standard InChI is InChI=1S/C22H28F4N2/c23-18-7-10-20(21(13-18)22(24,25)26)17-5-1-15(2-6-17)11-12-28-19-8-3-16(14-27)4-9-19/h7,10,13,15-17,19,28H,1-6,8-9,11-12H2. The maximum atomic E-state index is 13.3. The number of halogens is 4. The van der Waals surface area contributed by atoms with Crippen LogP contribution in [0.25, 0.3) is 0 Å². The Balaban J connectivity index is 1.45. The molecule has 0 heterocycles. The van der Waals surface area contributed by atoms with Crippen molar-refractivity contribution in [1.29, 1.82) is 5.26 Å². The van der Waals surface area contributed by atoms with Crippen molar-refractivity contribution in [3.63, 3.8) is 0 Å². The molecule has 2 nitrogen and oxygen atoms in total. The van der Waals surface area contributed by atoms with Crippen LogP contribution in [0.2, 0.25) is 0 Å². The summed E-state index contributed by atoms with van der Waals surface area (Å²) in [6, 6.07) is 5.94. The largest absolute Gasteiger partial charge is 0.416 e. The monoisotopic (exact) mass is 396 g/mol. The van der Waals surface area contributed by atoms with Gasteiger partial charge in [0.25, 0.3) is 0 Å². The number of benzene rings is 1. The van der Waals surface area contributed by atoms with E-state index in [1.807, 2.05) is 0 Å². The zero-order valence-corrected chi connectivity index (χ0v) is 16.1. The quantitative estimate of drug-likeness (QED) is 0.603. The molecule has 0 spiro atoms. The lowest BCUT2D eigenvalue weighted by molar-refractivity contribution is -0.138. The minimum Gasteiger partial charge on any atom is -0.314 e. The number of nitrogens with zero attached hydrogens (tertiary/aromatic N) is 1. The molecule has 0 aromatic heterocycles. The molecule has 154 valence electrons. The summed E-state index contributed by atoms with van der Waals surface area (Å²) >= 11 is 0. The highest BCUT2D eigenvalue weighted by molar-refractivity contribution is 5.33. The van der Waals surface area contributed by atoms with Crippen molar-refractivity contribution in [2.24, 2.45) is 11.8 Å². The van der Waals surface area contributed by atoms with Crippen molar-refractivity contribution in [3.8, 4) is 6.07 Å². The van der Waals surface area contributed by atoms with Crippen LogP contribution in [-0.2, 0) is 6.18 Å². The first-order chi connectivity index (χ1) is 13.4. The fourth-order valence-corrected chi connectivity index (χ4v) is 4.81. The summed E-state index contributed by atoms with van der Waals surface area (Å²) in [5, 5.41) is 12.5. The molecule has 1 N–H and O–H groups in total. The van der Waals surface area contributed by atoms with Crippen LogP contribution >= 0.6 is 0 Å². The molecule has 0 bridgehead atoms. The Morgan fingerprint density at radius 3 is 2.29 bits per heavy atom. The summed E-state index contributed by atoms with van der Waals surface area (Å²) < 4.78 is 53.1. The zero-order valence-electron chi connectivity index (χ0n) is 16.1. The Hall–Kier alpha value is -1.61. The molecular formula is C22H28F4N2. The Labute approximate surface area is 164 Å². The van der Waals surface area contributed by atoms with E-state index in [0.29, 0.717) is 18.0 Å². The van der Waals surface area contributed by atoms with Gasteiger partial charge in [0.05, 0.1) is 11.6 Å². The van der Waals surface area contributed by atoms with Crippen LogP contribution in [0.1, 0.15) is 74.8 Å². The number of hydrogen-bond acceptors (Lipinski definition) is 2. The molecule has 2 fully saturated rings. The molecule has 0 atom stereocenters. The summed E-state index contributed by atoms with van der Waals surface area (Å²) in [4.78, 5) is 0. The maximum absolute atomic E-state index is 13.3. The Morgan fingerprint density at radius 2 is 1.68 bits per heavy atom. The van der Waals surface area contributed by atoms with Crippen molar-refractivity contribution in [2.45, 2.75) is 75.9 Å². The number of hydrogen-bond donors (Lipinski definition) is 1. The van der Waals surface area contributed by atoms with Crippen LogP contribution in [0.3, 0.4) is 0 Å². The van der Waals surface area contributed by atoms with Gasteiger partial charge in [-0.3, -0.25) is 0 Å². The average Bonchev–Trinajstić information content (AvgIpc) is 2.68. The van der Waals surface area contributed by atoms with Gasteiger partial charge in [0.15, 0.2) is 0 Å². The van der Waals surface area contributed by atoms with Gasteiger partial charge in [-0.15, -0.1) is 0 Å². The van der Waals surface area contributed by atoms with Crippen LogP contribution in [-0.4, -0.2) is 12.6 Å². The van der Waals surface area contributed by atoms with E-state index in [4.69, 9.17) is 5.26 Å². The Kier molecular flexibility index (Phi) is 6.98. The van der Waals surface area contributed by atoms with Gasteiger partial charge in [0, 0.05) is 12.0 Å². The van der Waals surface area contributed by atoms with E-state index in [1.54, 1.807) is 0 Å². The van der Waals surface area contributed by atoms with Crippen molar-refractivity contribution < 1.29 is 17.6 Å². The predicted octanol–water partition coefficient (Wildman–Crippen LogP) is 6.18. The third-order valence-corrected chi connectivity index (χ3v) is 6.50. The molecule has 6 heteroatoms. The molecule has 0 unspecified atom stereocenters. The molecule has 3 rings (SSSR count). The second-order valence-electron chi connectivity index (χ2n) is 8.37. The highest BCUT2D eigenvalue weighted by Crippen LogP contribution is 2.42. The van der Waals surface area contributed by atoms with Crippen LogP contribution in [0.5, 0.6) is 0 Å².